The average Bonchev–Trinajstić information content (AvgIpc) is 2.81. The van der Waals surface area contributed by atoms with Crippen molar-refractivity contribution in [2.45, 2.75) is 25.9 Å². The summed E-state index contributed by atoms with van der Waals surface area (Å²) in [6, 6.07) is 18.7. The number of nitroso groups, excluding NO2 is 1. The van der Waals surface area contributed by atoms with Gasteiger partial charge in [-0.3, -0.25) is 0 Å². The van der Waals surface area contributed by atoms with Gasteiger partial charge in [-0.25, -0.2) is 0 Å². The number of nitrogens with zero attached hydrogens (tertiary/aromatic N) is 1. The van der Waals surface area contributed by atoms with Crippen LogP contribution in [0.4, 0.5) is 8.78 Å². The van der Waals surface area contributed by atoms with Crippen molar-refractivity contribution >= 4 is 0 Å². The summed E-state index contributed by atoms with van der Waals surface area (Å²) in [5, 5.41) is 2.89. The van der Waals surface area contributed by atoms with Crippen LogP contribution in [0.1, 0.15) is 22.3 Å². The summed E-state index contributed by atoms with van der Waals surface area (Å²) in [5.41, 5.74) is 4.35. The lowest BCUT2D eigenvalue weighted by molar-refractivity contribution is -0.185. The van der Waals surface area contributed by atoms with E-state index in [9.17, 15) is 13.7 Å². The van der Waals surface area contributed by atoms with Gasteiger partial charge in [0.15, 0.2) is 0 Å². The molecule has 0 aliphatic carbocycles. The second kappa shape index (κ2) is 11.5. The zero-order chi connectivity index (χ0) is 23.7. The predicted molar refractivity (Wildman–Crippen MR) is 127 cm³/mol. The number of benzene rings is 3. The molecular formula is C27H27F2NO3. The van der Waals surface area contributed by atoms with Gasteiger partial charge in [0, 0.05) is 0 Å². The summed E-state index contributed by atoms with van der Waals surface area (Å²) < 4.78 is 40.3. The van der Waals surface area contributed by atoms with E-state index in [1.807, 2.05) is 31.2 Å². The first kappa shape index (κ1) is 24.3. The SMILES string of the molecule is C=CCOCCc1cc(OC(F)(F)c2ccc(-c3ccc(C)cc3)cc2)ccc1CCN=O. The molecule has 0 aliphatic rings. The molecule has 0 aliphatic heterocycles. The molecule has 0 aromatic heterocycles. The van der Waals surface area contributed by atoms with Crippen molar-refractivity contribution in [1.82, 2.24) is 0 Å². The summed E-state index contributed by atoms with van der Waals surface area (Å²) in [5.74, 6) is 0.0455. The summed E-state index contributed by atoms with van der Waals surface area (Å²) >= 11 is 0. The molecule has 0 heterocycles. The van der Waals surface area contributed by atoms with Crippen molar-refractivity contribution in [3.8, 4) is 16.9 Å². The van der Waals surface area contributed by atoms with E-state index >= 15 is 0 Å². The Labute approximate surface area is 192 Å². The second-order valence-corrected chi connectivity index (χ2v) is 7.71. The first-order valence-electron chi connectivity index (χ1n) is 10.8. The van der Waals surface area contributed by atoms with Crippen LogP contribution >= 0.6 is 0 Å². The molecule has 0 saturated carbocycles. The van der Waals surface area contributed by atoms with Crippen LogP contribution < -0.4 is 4.74 Å². The molecule has 3 aromatic carbocycles. The van der Waals surface area contributed by atoms with Gasteiger partial charge >= 0.3 is 6.11 Å². The van der Waals surface area contributed by atoms with E-state index < -0.39 is 6.11 Å². The Balaban J connectivity index is 1.76. The molecule has 0 unspecified atom stereocenters. The van der Waals surface area contributed by atoms with Crippen LogP contribution in [0.5, 0.6) is 5.75 Å². The summed E-state index contributed by atoms with van der Waals surface area (Å²) in [6.07, 6.45) is -0.941. The average molecular weight is 452 g/mol. The van der Waals surface area contributed by atoms with Crippen molar-refractivity contribution in [2.24, 2.45) is 5.18 Å². The smallest absolute Gasteiger partial charge is 0.426 e. The second-order valence-electron chi connectivity index (χ2n) is 7.71. The van der Waals surface area contributed by atoms with E-state index in [1.54, 1.807) is 30.3 Å². The summed E-state index contributed by atoms with van der Waals surface area (Å²) in [4.78, 5) is 10.5. The zero-order valence-electron chi connectivity index (χ0n) is 18.6. The zero-order valence-corrected chi connectivity index (χ0v) is 18.6. The van der Waals surface area contributed by atoms with E-state index in [2.05, 4.69) is 11.8 Å². The van der Waals surface area contributed by atoms with Gasteiger partial charge in [-0.2, -0.15) is 13.7 Å². The van der Waals surface area contributed by atoms with Crippen LogP contribution in [0.25, 0.3) is 11.1 Å². The third-order valence-corrected chi connectivity index (χ3v) is 5.25. The molecule has 172 valence electrons. The highest BCUT2D eigenvalue weighted by Gasteiger charge is 2.34. The van der Waals surface area contributed by atoms with Gasteiger partial charge in [-0.1, -0.05) is 59.3 Å². The fourth-order valence-electron chi connectivity index (χ4n) is 3.47. The lowest BCUT2D eigenvalue weighted by atomic mass is 10.0. The highest BCUT2D eigenvalue weighted by atomic mass is 19.3. The van der Waals surface area contributed by atoms with Crippen molar-refractivity contribution in [3.63, 3.8) is 0 Å². The molecule has 0 spiro atoms. The Hall–Kier alpha value is -3.38. The molecule has 0 saturated heterocycles. The Morgan fingerprint density at radius 3 is 2.24 bits per heavy atom. The molecule has 0 radical (unpaired) electrons. The molecule has 0 bridgehead atoms. The number of halogens is 2. The molecule has 4 nitrogen and oxygen atoms in total. The molecular weight excluding hydrogens is 424 g/mol. The van der Waals surface area contributed by atoms with Crippen LogP contribution in [0, 0.1) is 11.8 Å². The lowest BCUT2D eigenvalue weighted by Crippen LogP contribution is -2.22. The number of hydrogen-bond acceptors (Lipinski definition) is 4. The van der Waals surface area contributed by atoms with E-state index in [0.29, 0.717) is 26.1 Å². The van der Waals surface area contributed by atoms with Gasteiger partial charge in [0.1, 0.15) is 5.75 Å². The largest absolute Gasteiger partial charge is 0.429 e. The van der Waals surface area contributed by atoms with Gasteiger partial charge in [0.25, 0.3) is 0 Å². The van der Waals surface area contributed by atoms with E-state index in [-0.39, 0.29) is 17.9 Å². The first-order valence-corrected chi connectivity index (χ1v) is 10.8. The standard InChI is InChI=1S/C27H27F2NO3/c1-3-17-32-18-15-24-19-26(13-10-23(24)14-16-30-31)33-27(28,29)25-11-8-22(9-12-25)21-6-4-20(2)5-7-21/h3-13,19H,1,14-18H2,2H3. The summed E-state index contributed by atoms with van der Waals surface area (Å²) in [7, 11) is 0. The van der Waals surface area contributed by atoms with Crippen molar-refractivity contribution in [1.29, 1.82) is 0 Å². The Kier molecular flexibility index (Phi) is 8.44. The fourth-order valence-corrected chi connectivity index (χ4v) is 3.47. The lowest BCUT2D eigenvalue weighted by Gasteiger charge is -2.20. The minimum Gasteiger partial charge on any atom is -0.429 e. The minimum atomic E-state index is -3.51. The Bertz CT molecular complexity index is 1060. The Morgan fingerprint density at radius 2 is 1.61 bits per heavy atom. The quantitative estimate of drug-likeness (QED) is 0.172. The monoisotopic (exact) mass is 451 g/mol. The number of ether oxygens (including phenoxy) is 2. The number of aryl methyl sites for hydroxylation is 1. The number of rotatable bonds is 12. The third-order valence-electron chi connectivity index (χ3n) is 5.25. The van der Waals surface area contributed by atoms with Crippen LogP contribution in [0.3, 0.4) is 0 Å². The van der Waals surface area contributed by atoms with Gasteiger partial charge in [-0.15, -0.1) is 6.58 Å². The van der Waals surface area contributed by atoms with Crippen LogP contribution in [0.2, 0.25) is 0 Å². The van der Waals surface area contributed by atoms with Crippen molar-refractivity contribution < 1.29 is 18.3 Å². The van der Waals surface area contributed by atoms with Crippen LogP contribution in [-0.4, -0.2) is 19.8 Å². The van der Waals surface area contributed by atoms with Crippen molar-refractivity contribution in [3.05, 3.63) is 107 Å². The van der Waals surface area contributed by atoms with Gasteiger partial charge in [0.05, 0.1) is 25.3 Å². The van der Waals surface area contributed by atoms with E-state index in [0.717, 1.165) is 27.8 Å². The van der Waals surface area contributed by atoms with Gasteiger partial charge < -0.3 is 9.47 Å². The third kappa shape index (κ3) is 6.80. The first-order chi connectivity index (χ1) is 15.9. The number of alkyl halides is 2. The van der Waals surface area contributed by atoms with E-state index in [4.69, 9.17) is 9.47 Å². The molecule has 3 rings (SSSR count). The minimum absolute atomic E-state index is 0.0455. The number of hydrogen-bond donors (Lipinski definition) is 0. The molecule has 3 aromatic rings. The Morgan fingerprint density at radius 1 is 0.939 bits per heavy atom. The summed E-state index contributed by atoms with van der Waals surface area (Å²) in [6.45, 7) is 6.51. The predicted octanol–water partition coefficient (Wildman–Crippen LogP) is 6.84. The maximum absolute atomic E-state index is 14.9. The van der Waals surface area contributed by atoms with Gasteiger partial charge in [0.2, 0.25) is 0 Å². The fraction of sp³-hybridized carbons (Fsp3) is 0.259. The molecule has 0 amide bonds. The highest BCUT2D eigenvalue weighted by molar-refractivity contribution is 5.64. The molecule has 0 N–H and O–H groups in total. The molecule has 0 fully saturated rings. The molecule has 6 heteroatoms. The maximum Gasteiger partial charge on any atom is 0.426 e. The highest BCUT2D eigenvalue weighted by Crippen LogP contribution is 2.34. The molecule has 33 heavy (non-hydrogen) atoms. The van der Waals surface area contributed by atoms with Crippen LogP contribution in [-0.2, 0) is 23.7 Å². The maximum atomic E-state index is 14.9. The topological polar surface area (TPSA) is 47.9 Å². The molecule has 0 atom stereocenters. The van der Waals surface area contributed by atoms with Gasteiger partial charge in [-0.05, 0) is 66.3 Å². The van der Waals surface area contributed by atoms with Crippen molar-refractivity contribution in [2.75, 3.05) is 19.8 Å². The van der Waals surface area contributed by atoms with E-state index in [1.165, 1.54) is 18.2 Å². The normalized spacial score (nSPS) is 11.2. The van der Waals surface area contributed by atoms with Crippen LogP contribution in [0.15, 0.2) is 84.6 Å².